The molecule has 0 radical (unpaired) electrons. The van der Waals surface area contributed by atoms with Crippen molar-refractivity contribution in [2.45, 2.75) is 0 Å². The number of hydrogen-bond donors (Lipinski definition) is 0. The van der Waals surface area contributed by atoms with Crippen LogP contribution in [-0.4, -0.2) is 0 Å². The molecule has 0 saturated carbocycles. The molecule has 3 heterocycles. The maximum absolute atomic E-state index is 9.60. The van der Waals surface area contributed by atoms with E-state index in [9.17, 15) is 28.8 Å². The molecule has 131 heavy (non-hydrogen) atoms. The Morgan fingerprint density at radius 1 is 0.145 bits per heavy atom. The molecule has 0 aliphatic carbocycles. The first kappa shape index (κ1) is 35.9. The van der Waals surface area contributed by atoms with Crippen LogP contribution in [0.2, 0.25) is 0 Å². The highest BCUT2D eigenvalue weighted by molar-refractivity contribution is 6.32. The molecular weight excluding hydrogens is 1590 g/mol. The molecule has 3 aromatic heterocycles. The largest absolute Gasteiger partial charge is 0.456 e. The summed E-state index contributed by atoms with van der Waals surface area (Å²) in [6, 6.07) is -20.8. The van der Waals surface area contributed by atoms with Crippen LogP contribution < -0.4 is 0 Å². The minimum Gasteiger partial charge on any atom is -0.456 e. The lowest BCUT2D eigenvalue weighted by molar-refractivity contribution is 0.669. The molecular formula is C128H78O3. The highest BCUT2D eigenvalue weighted by atomic mass is 16.3. The van der Waals surface area contributed by atoms with Crippen molar-refractivity contribution in [2.75, 3.05) is 0 Å². The number of hydrogen-bond acceptors (Lipinski definition) is 3. The molecule has 3 heteroatoms. The Morgan fingerprint density at radius 3 is 0.947 bits per heavy atom. The van der Waals surface area contributed by atoms with Crippen molar-refractivity contribution in [2.24, 2.45) is 0 Å². The summed E-state index contributed by atoms with van der Waals surface area (Å²) in [4.78, 5) is 0. The maximum atomic E-state index is 9.60. The lowest BCUT2D eigenvalue weighted by Crippen LogP contribution is -1.91. The summed E-state index contributed by atoms with van der Waals surface area (Å²) in [5.74, 6) is 0. The molecule has 28 aromatic rings. The molecule has 0 amide bonds. The molecule has 0 bridgehead atoms. The Hall–Kier alpha value is -17.2. The first-order chi connectivity index (χ1) is 90.8. The topological polar surface area (TPSA) is 39.4 Å². The van der Waals surface area contributed by atoms with Crippen LogP contribution in [-0.2, 0) is 0 Å². The van der Waals surface area contributed by atoms with E-state index in [4.69, 9.17) is 69.5 Å². The average Bonchev–Trinajstić information content (AvgIpc) is 1.61. The van der Waals surface area contributed by atoms with Gasteiger partial charge in [0.2, 0.25) is 0 Å². The molecule has 3 nitrogen and oxygen atoms in total. The van der Waals surface area contributed by atoms with E-state index in [1.807, 2.05) is 60.7 Å². The summed E-state index contributed by atoms with van der Waals surface area (Å²) < 4.78 is 572. The lowest BCUT2D eigenvalue weighted by atomic mass is 9.84. The SMILES string of the molecule is [2H]c1c([2H])c(-c2c3c([2H])c([2H])c([2H])c([2H])c3c(-c3c([2H])c([2H])c([2H])c4c([2H])c([2H])c([2H])c([2H])c34)c3c([2H])c([2H])c([2H])c([2H])c23)c([2H])c([2H])c1-c1c([2H])c([2H])c2oc3c([2H])c4c([2H])c([2H])c([2H])c([2H])c4c([2H])c3c2c1[2H].[2H]c1c([2H])c([2H])c(-c2c3c([2H])c([2H])c([2H])c([2H])c3c(-c3c([2H])c([2H])c(-c4c([2H])c([2H])c5oc6c([2H])c7c([2H])c([2H])c([2H])c([2H])c7c([2H])c6c5c4[2H])c([2H])c3[2H])c3c([2H])c([2H])c([2H])c([2H])c23)c([2H])c1[2H].[2H]c1c([2H])c([2H])c2c(-c3cc4oc5ccc6ccccc6c5c4c4ccccc34)c3c([2H])c([2H])c([2H])c([2H])c3c(-c3ccccc3)c2c1[2H]. The van der Waals surface area contributed by atoms with Crippen LogP contribution >= 0.6 is 0 Å². The van der Waals surface area contributed by atoms with Crippen molar-refractivity contribution in [1.29, 1.82) is 0 Å². The van der Waals surface area contributed by atoms with Crippen LogP contribution in [0.4, 0.5) is 0 Å². The van der Waals surface area contributed by atoms with Gasteiger partial charge in [0.25, 0.3) is 0 Å². The molecule has 0 saturated heterocycles. The maximum Gasteiger partial charge on any atom is 0.136 e. The molecule has 0 aliphatic rings. The van der Waals surface area contributed by atoms with Gasteiger partial charge in [0.05, 0.1) is 85.0 Å². The molecule has 0 aliphatic heterocycles. The van der Waals surface area contributed by atoms with Crippen molar-refractivity contribution < 1.29 is 98.2 Å². The molecule has 0 spiro atoms. The summed E-state index contributed by atoms with van der Waals surface area (Å²) in [5.41, 5.74) is -8.29. The molecule has 0 unspecified atom stereocenters. The molecule has 608 valence electrons. The van der Waals surface area contributed by atoms with Gasteiger partial charge in [-0.05, 0) is 268 Å². The summed E-state index contributed by atoms with van der Waals surface area (Å²) in [7, 11) is 0. The van der Waals surface area contributed by atoms with E-state index in [2.05, 4.69) is 12.1 Å². The van der Waals surface area contributed by atoms with E-state index in [0.29, 0.717) is 33.4 Å². The highest BCUT2D eigenvalue weighted by Crippen LogP contribution is 2.52. The van der Waals surface area contributed by atoms with Gasteiger partial charge in [0.15, 0.2) is 0 Å². The monoisotopic (exact) mass is 1720 g/mol. The van der Waals surface area contributed by atoms with Gasteiger partial charge in [-0.1, -0.05) is 411 Å². The van der Waals surface area contributed by atoms with E-state index in [1.165, 1.54) is 0 Å². The predicted octanol–water partition coefficient (Wildman–Crippen LogP) is 36.8. The molecule has 0 N–H and O–H groups in total. The third-order valence-electron chi connectivity index (χ3n) is 22.7. The van der Waals surface area contributed by atoms with Crippen molar-refractivity contribution >= 4 is 184 Å². The molecule has 0 atom stereocenters. The van der Waals surface area contributed by atoms with Gasteiger partial charge in [-0.2, -0.15) is 0 Å². The zero-order valence-corrected chi connectivity index (χ0v) is 66.5. The Labute approximate surface area is 841 Å². The Bertz CT molecular complexity index is 13300. The normalized spacial score (nSPS) is 18.4. The lowest BCUT2D eigenvalue weighted by Gasteiger charge is -2.19. The van der Waals surface area contributed by atoms with Gasteiger partial charge in [0.1, 0.15) is 33.5 Å². The number of benzene rings is 25. The number of fused-ring (bicyclic) bond motifs is 22. The minimum absolute atomic E-state index is 0.174. The van der Waals surface area contributed by atoms with Crippen LogP contribution in [0.25, 0.3) is 273 Å². The second-order valence-electron chi connectivity index (χ2n) is 29.7. The molecule has 28 rings (SSSR count). The van der Waals surface area contributed by atoms with Crippen LogP contribution in [0.3, 0.4) is 0 Å². The highest BCUT2D eigenvalue weighted by Gasteiger charge is 2.25. The van der Waals surface area contributed by atoms with E-state index in [-0.39, 0.29) is 45.7 Å². The predicted molar refractivity (Wildman–Crippen MR) is 557 cm³/mol. The Kier molecular flexibility index (Phi) is 8.44. The van der Waals surface area contributed by atoms with Crippen LogP contribution in [0.15, 0.2) is 485 Å². The van der Waals surface area contributed by atoms with Gasteiger partial charge < -0.3 is 13.3 Å². The second kappa shape index (κ2) is 30.8. The number of rotatable bonds is 8. The quantitative estimate of drug-likeness (QED) is 0.142. The van der Waals surface area contributed by atoms with Gasteiger partial charge >= 0.3 is 0 Å². The van der Waals surface area contributed by atoms with Gasteiger partial charge in [0, 0.05) is 32.3 Å². The zero-order chi connectivity index (χ0) is 140. The fourth-order valence-electron chi connectivity index (χ4n) is 17.1. The Balaban J connectivity index is 0.000000140. The first-order valence-electron chi connectivity index (χ1n) is 71.0. The Morgan fingerprint density at radius 2 is 0.473 bits per heavy atom. The molecule has 0 fully saturated rings. The number of furan rings is 3. The summed E-state index contributed by atoms with van der Waals surface area (Å²) in [6.45, 7) is 0. The molecule has 25 aromatic carbocycles. The van der Waals surface area contributed by atoms with E-state index in [1.54, 1.807) is 24.3 Å². The minimum atomic E-state index is -1.10. The van der Waals surface area contributed by atoms with Gasteiger partial charge in [-0.25, -0.2) is 0 Å². The van der Waals surface area contributed by atoms with E-state index in [0.717, 1.165) is 32.3 Å². The summed E-state index contributed by atoms with van der Waals surface area (Å²) >= 11 is 0. The standard InChI is InChI=1S/C46H28O.C42H26O.C40H24O/c1-2-12-33-28-44-42(26-32(33)11-1)41-27-34(24-25-43(41)47-44)29-20-22-31(23-21-29)45-37-15-5-7-17-39(37)46(40-18-8-6-16-38(40)45)36-19-9-13-30-10-3-4-14-35(30)36;1-2-10-28(11-3-1)41-33-14-6-8-16-35(33)42(36-17-9-7-15-34(36)41)29-20-18-27(19-21-29)32-22-23-39-37(25-32)38-24-30-12-4-5-13-31(30)26-40(38)43-39;1-2-13-26(14-3-1)37-30-18-8-10-20-32(30)38(33-21-11-9-19-31(33)37)34-24-36-40(29-17-7-6-16-28(29)34)39-27-15-5-4-12-25(27)22-23-35(39)41-36/h1-28H;1-26H;1-24H/i1D,2D,3D,4D,5D,6D,7D,8D,9D,10D,11D,12D,13D,14D,15D,16D,17D,18D,19D,20D,21D,22D,23D,24D,25D,26D,27D,28D;1D,2D,3D,4D,5D,6D,7D,8D,9D,10D,11D,12D,13D,14D,15D,16D,17D,18D,19D,20D,21D,22D,23D,24D,25D,26D;8D,9D,10D,11D,18D,19D,20D,21D. The van der Waals surface area contributed by atoms with Crippen LogP contribution in [0, 0.1) is 0 Å². The third-order valence-corrected chi connectivity index (χ3v) is 22.7. The third kappa shape index (κ3) is 12.5. The summed E-state index contributed by atoms with van der Waals surface area (Å²) in [6.07, 6.45) is 0. The van der Waals surface area contributed by atoms with Crippen molar-refractivity contribution in [1.82, 2.24) is 0 Å². The van der Waals surface area contributed by atoms with Crippen molar-refractivity contribution in [3.63, 3.8) is 0 Å². The van der Waals surface area contributed by atoms with Crippen molar-refractivity contribution in [3.05, 3.63) is 472 Å². The smallest absolute Gasteiger partial charge is 0.136 e. The van der Waals surface area contributed by atoms with Crippen molar-refractivity contribution in [3.8, 4) is 89.0 Å². The zero-order valence-electron chi connectivity index (χ0n) is 128. The first-order valence-corrected chi connectivity index (χ1v) is 40.0. The van der Waals surface area contributed by atoms with E-state index >= 15 is 0 Å². The fourth-order valence-corrected chi connectivity index (χ4v) is 17.1. The average molecular weight is 1730 g/mol. The second-order valence-corrected chi connectivity index (χ2v) is 29.7. The van der Waals surface area contributed by atoms with Gasteiger partial charge in [-0.3, -0.25) is 0 Å². The fraction of sp³-hybridized carbons (Fsp3) is 0. The van der Waals surface area contributed by atoms with Gasteiger partial charge in [-0.15, -0.1) is 0 Å². The summed E-state index contributed by atoms with van der Waals surface area (Å²) in [5, 5.41) is -4.22. The van der Waals surface area contributed by atoms with Crippen LogP contribution in [0.5, 0.6) is 0 Å². The van der Waals surface area contributed by atoms with E-state index < -0.39 is 537 Å². The van der Waals surface area contributed by atoms with Crippen LogP contribution in [0.1, 0.15) is 85.0 Å².